The number of barbiturate groups is 1. The maximum absolute atomic E-state index is 13.4. The van der Waals surface area contributed by atoms with Gasteiger partial charge in [0.25, 0.3) is 11.8 Å². The maximum atomic E-state index is 13.4. The average Bonchev–Trinajstić information content (AvgIpc) is 2.86. The molecular weight excluding hydrogens is 548 g/mol. The normalized spacial score (nSPS) is 15.0. The van der Waals surface area contributed by atoms with Gasteiger partial charge in [-0.1, -0.05) is 63.2 Å². The number of anilines is 1. The van der Waals surface area contributed by atoms with E-state index in [0.717, 1.165) is 16.0 Å². The van der Waals surface area contributed by atoms with Crippen LogP contribution in [0.1, 0.15) is 44.4 Å². The van der Waals surface area contributed by atoms with Crippen LogP contribution < -0.4 is 19.7 Å². The van der Waals surface area contributed by atoms with Crippen LogP contribution in [0.3, 0.4) is 0 Å². The summed E-state index contributed by atoms with van der Waals surface area (Å²) >= 11 is 3.53. The van der Waals surface area contributed by atoms with Gasteiger partial charge in [-0.3, -0.25) is 14.9 Å². The van der Waals surface area contributed by atoms with Crippen LogP contribution in [-0.4, -0.2) is 24.5 Å². The summed E-state index contributed by atoms with van der Waals surface area (Å²) < 4.78 is 12.4. The lowest BCUT2D eigenvalue weighted by atomic mass is 9.87. The van der Waals surface area contributed by atoms with Crippen molar-refractivity contribution in [2.24, 2.45) is 0 Å². The summed E-state index contributed by atoms with van der Waals surface area (Å²) in [7, 11) is 0. The van der Waals surface area contributed by atoms with Gasteiger partial charge < -0.3 is 9.47 Å². The second kappa shape index (κ2) is 11.2. The van der Waals surface area contributed by atoms with Crippen molar-refractivity contribution < 1.29 is 23.9 Å². The van der Waals surface area contributed by atoms with Crippen LogP contribution in [0.25, 0.3) is 6.08 Å². The largest absolute Gasteiger partial charge is 0.490 e. The van der Waals surface area contributed by atoms with E-state index in [-0.39, 0.29) is 11.0 Å². The number of hydrogen-bond acceptors (Lipinski definition) is 5. The molecule has 3 aromatic carbocycles. The summed E-state index contributed by atoms with van der Waals surface area (Å²) in [4.78, 5) is 39.6. The van der Waals surface area contributed by atoms with E-state index in [9.17, 15) is 14.4 Å². The molecule has 1 fully saturated rings. The van der Waals surface area contributed by atoms with Gasteiger partial charge in [0.05, 0.1) is 16.8 Å². The Morgan fingerprint density at radius 1 is 0.947 bits per heavy atom. The minimum atomic E-state index is -0.790. The number of nitrogens with zero attached hydrogens (tertiary/aromatic N) is 1. The molecule has 38 heavy (non-hydrogen) atoms. The molecule has 0 aromatic heterocycles. The molecule has 1 aliphatic rings. The molecule has 8 heteroatoms. The highest BCUT2D eigenvalue weighted by Gasteiger charge is 2.37. The van der Waals surface area contributed by atoms with Gasteiger partial charge >= 0.3 is 6.03 Å². The van der Waals surface area contributed by atoms with Crippen LogP contribution in [0.5, 0.6) is 11.5 Å². The molecule has 1 saturated heterocycles. The fourth-order valence-corrected chi connectivity index (χ4v) is 4.55. The molecule has 0 bridgehead atoms. The van der Waals surface area contributed by atoms with E-state index in [1.165, 1.54) is 6.08 Å². The SMILES string of the molecule is CCOc1cc(/C=C2\C(=O)NC(=O)N(c3ccc(C(C)(C)C)cc3)C2=O)cc(Br)c1OCc1ccccc1. The highest BCUT2D eigenvalue weighted by Crippen LogP contribution is 2.38. The first-order chi connectivity index (χ1) is 18.1. The molecule has 0 spiro atoms. The number of amides is 4. The Bertz CT molecular complexity index is 1390. The van der Waals surface area contributed by atoms with Gasteiger partial charge in [-0.2, -0.15) is 0 Å². The lowest BCUT2D eigenvalue weighted by molar-refractivity contribution is -0.122. The monoisotopic (exact) mass is 576 g/mol. The van der Waals surface area contributed by atoms with Gasteiger partial charge in [0.1, 0.15) is 12.2 Å². The first kappa shape index (κ1) is 27.1. The predicted octanol–water partition coefficient (Wildman–Crippen LogP) is 6.39. The van der Waals surface area contributed by atoms with E-state index < -0.39 is 17.8 Å². The summed E-state index contributed by atoms with van der Waals surface area (Å²) in [6.07, 6.45) is 1.44. The first-order valence-corrected chi connectivity index (χ1v) is 13.0. The molecule has 0 unspecified atom stereocenters. The first-order valence-electron chi connectivity index (χ1n) is 12.2. The van der Waals surface area contributed by atoms with Crippen molar-refractivity contribution in [3.8, 4) is 11.5 Å². The Labute approximate surface area is 230 Å². The zero-order chi connectivity index (χ0) is 27.4. The van der Waals surface area contributed by atoms with E-state index in [4.69, 9.17) is 9.47 Å². The smallest absolute Gasteiger partial charge is 0.335 e. The van der Waals surface area contributed by atoms with Crippen LogP contribution in [0.2, 0.25) is 0 Å². The van der Waals surface area contributed by atoms with Gasteiger partial charge in [0.15, 0.2) is 11.5 Å². The van der Waals surface area contributed by atoms with Crippen molar-refractivity contribution in [1.82, 2.24) is 5.32 Å². The number of hydrogen-bond donors (Lipinski definition) is 1. The number of ether oxygens (including phenoxy) is 2. The second-order valence-electron chi connectivity index (χ2n) is 9.79. The topological polar surface area (TPSA) is 84.9 Å². The van der Waals surface area contributed by atoms with Gasteiger partial charge in [0.2, 0.25) is 0 Å². The van der Waals surface area contributed by atoms with Crippen LogP contribution in [0.4, 0.5) is 10.5 Å². The molecule has 1 heterocycles. The van der Waals surface area contributed by atoms with Gasteiger partial charge in [-0.05, 0) is 75.3 Å². The predicted molar refractivity (Wildman–Crippen MR) is 150 cm³/mol. The molecule has 196 valence electrons. The Kier molecular flexibility index (Phi) is 8.02. The van der Waals surface area contributed by atoms with E-state index in [1.807, 2.05) is 49.4 Å². The lowest BCUT2D eigenvalue weighted by Crippen LogP contribution is -2.54. The van der Waals surface area contributed by atoms with Crippen molar-refractivity contribution in [1.29, 1.82) is 0 Å². The summed E-state index contributed by atoms with van der Waals surface area (Å²) in [5, 5.41) is 2.27. The summed E-state index contributed by atoms with van der Waals surface area (Å²) in [6.45, 7) is 8.81. The minimum Gasteiger partial charge on any atom is -0.490 e. The summed E-state index contributed by atoms with van der Waals surface area (Å²) in [6, 6.07) is 19.5. The number of carbonyl (C=O) groups is 3. The quantitative estimate of drug-likeness (QED) is 0.260. The molecule has 0 aliphatic carbocycles. The van der Waals surface area contributed by atoms with Crippen molar-refractivity contribution in [2.75, 3.05) is 11.5 Å². The molecule has 1 N–H and O–H groups in total. The van der Waals surface area contributed by atoms with Crippen LogP contribution in [0.15, 0.2) is 76.8 Å². The zero-order valence-corrected chi connectivity index (χ0v) is 23.3. The van der Waals surface area contributed by atoms with Crippen molar-refractivity contribution >= 4 is 45.5 Å². The Balaban J connectivity index is 1.65. The number of benzene rings is 3. The van der Waals surface area contributed by atoms with Crippen LogP contribution >= 0.6 is 15.9 Å². The molecule has 1 aliphatic heterocycles. The third-order valence-electron chi connectivity index (χ3n) is 5.96. The van der Waals surface area contributed by atoms with E-state index in [2.05, 4.69) is 42.0 Å². The zero-order valence-electron chi connectivity index (χ0n) is 21.7. The maximum Gasteiger partial charge on any atom is 0.335 e. The number of halogens is 1. The third-order valence-corrected chi connectivity index (χ3v) is 6.55. The van der Waals surface area contributed by atoms with Crippen molar-refractivity contribution in [3.63, 3.8) is 0 Å². The molecule has 7 nitrogen and oxygen atoms in total. The van der Waals surface area contributed by atoms with Gasteiger partial charge in [-0.15, -0.1) is 0 Å². The van der Waals surface area contributed by atoms with Crippen LogP contribution in [-0.2, 0) is 21.6 Å². The van der Waals surface area contributed by atoms with E-state index in [0.29, 0.717) is 40.4 Å². The Morgan fingerprint density at radius 2 is 1.63 bits per heavy atom. The van der Waals surface area contributed by atoms with Gasteiger partial charge in [-0.25, -0.2) is 9.69 Å². The number of carbonyl (C=O) groups excluding carboxylic acids is 3. The lowest BCUT2D eigenvalue weighted by Gasteiger charge is -2.27. The fraction of sp³-hybridized carbons (Fsp3) is 0.233. The molecule has 0 saturated carbocycles. The Morgan fingerprint density at radius 3 is 2.26 bits per heavy atom. The Hall–Kier alpha value is -3.91. The molecule has 3 aromatic rings. The third kappa shape index (κ3) is 5.97. The number of nitrogens with one attached hydrogen (secondary N) is 1. The number of rotatable bonds is 7. The minimum absolute atomic E-state index is 0.0870. The fourth-order valence-electron chi connectivity index (χ4n) is 3.97. The van der Waals surface area contributed by atoms with Crippen molar-refractivity contribution in [3.05, 3.63) is 93.5 Å². The van der Waals surface area contributed by atoms with E-state index in [1.54, 1.807) is 24.3 Å². The average molecular weight is 577 g/mol. The van der Waals surface area contributed by atoms with E-state index >= 15 is 0 Å². The molecule has 0 atom stereocenters. The highest BCUT2D eigenvalue weighted by molar-refractivity contribution is 9.10. The molecule has 0 radical (unpaired) electrons. The molecule has 4 amide bonds. The summed E-state index contributed by atoms with van der Waals surface area (Å²) in [5.41, 5.74) is 2.70. The molecule has 4 rings (SSSR count). The molecular formula is C30H29BrN2O5. The second-order valence-corrected chi connectivity index (χ2v) is 10.6. The number of urea groups is 1. The number of imide groups is 2. The van der Waals surface area contributed by atoms with Gasteiger partial charge in [0, 0.05) is 0 Å². The summed E-state index contributed by atoms with van der Waals surface area (Å²) in [5.74, 6) is -0.506. The van der Waals surface area contributed by atoms with Crippen LogP contribution in [0, 0.1) is 0 Å². The van der Waals surface area contributed by atoms with Crippen molar-refractivity contribution in [2.45, 2.75) is 39.7 Å². The highest BCUT2D eigenvalue weighted by atomic mass is 79.9. The standard InChI is InChI=1S/C30H29BrN2O5/c1-5-37-25-17-20(16-24(31)26(25)38-18-19-9-7-6-8-10-19)15-23-27(34)32-29(36)33(28(23)35)22-13-11-21(12-14-22)30(2,3)4/h6-17H,5,18H2,1-4H3,(H,32,34,36)/b23-15+.